The molecule has 1 saturated heterocycles. The topological polar surface area (TPSA) is 15.3 Å². The van der Waals surface area contributed by atoms with Crippen LogP contribution >= 0.6 is 0 Å². The van der Waals surface area contributed by atoms with Crippen LogP contribution in [-0.2, 0) is 0 Å². The third-order valence-electron chi connectivity index (χ3n) is 5.42. The van der Waals surface area contributed by atoms with Gasteiger partial charge in [0, 0.05) is 24.2 Å². The molecule has 5 heteroatoms. The first-order valence-electron chi connectivity index (χ1n) is 7.50. The fourth-order valence-corrected chi connectivity index (χ4v) is 4.41. The van der Waals surface area contributed by atoms with E-state index in [2.05, 4.69) is 5.32 Å². The molecule has 3 aliphatic rings. The number of halogens is 3. The van der Waals surface area contributed by atoms with Crippen molar-refractivity contribution in [1.82, 2.24) is 10.2 Å². The fraction of sp³-hybridized carbons (Fsp3) is 1.00. The van der Waals surface area contributed by atoms with E-state index in [0.717, 1.165) is 57.9 Å². The van der Waals surface area contributed by atoms with Gasteiger partial charge in [0.1, 0.15) is 0 Å². The van der Waals surface area contributed by atoms with E-state index >= 15 is 0 Å². The minimum atomic E-state index is -4.08. The van der Waals surface area contributed by atoms with Gasteiger partial charge in [0.05, 0.1) is 6.54 Å². The molecular weight excluding hydrogens is 253 g/mol. The van der Waals surface area contributed by atoms with Gasteiger partial charge in [0.25, 0.3) is 0 Å². The van der Waals surface area contributed by atoms with Crippen LogP contribution < -0.4 is 5.32 Å². The van der Waals surface area contributed by atoms with Crippen molar-refractivity contribution in [2.75, 3.05) is 19.6 Å². The van der Waals surface area contributed by atoms with Crippen molar-refractivity contribution in [2.45, 2.75) is 68.6 Å². The first-order valence-corrected chi connectivity index (χ1v) is 7.50. The molecule has 0 aromatic rings. The number of alkyl halides is 3. The lowest BCUT2D eigenvalue weighted by Crippen LogP contribution is -2.69. The summed E-state index contributed by atoms with van der Waals surface area (Å²) in [6.07, 6.45) is 4.30. The van der Waals surface area contributed by atoms with Crippen LogP contribution in [0, 0.1) is 0 Å². The fourth-order valence-electron chi connectivity index (χ4n) is 4.41. The van der Waals surface area contributed by atoms with Gasteiger partial charge in [-0.1, -0.05) is 25.7 Å². The van der Waals surface area contributed by atoms with Gasteiger partial charge in [-0.3, -0.25) is 4.90 Å². The van der Waals surface area contributed by atoms with E-state index in [4.69, 9.17) is 0 Å². The lowest BCUT2D eigenvalue weighted by molar-refractivity contribution is -0.168. The Labute approximate surface area is 112 Å². The van der Waals surface area contributed by atoms with Crippen molar-refractivity contribution in [3.05, 3.63) is 0 Å². The Morgan fingerprint density at radius 3 is 2.11 bits per heavy atom. The van der Waals surface area contributed by atoms with Crippen LogP contribution in [-0.4, -0.2) is 41.8 Å². The number of nitrogens with one attached hydrogen (secondary N) is 1. The molecule has 0 aromatic carbocycles. The molecule has 0 amide bonds. The summed E-state index contributed by atoms with van der Waals surface area (Å²) in [4.78, 5) is 1.78. The number of hydrogen-bond donors (Lipinski definition) is 1. The van der Waals surface area contributed by atoms with Gasteiger partial charge >= 0.3 is 6.18 Å². The van der Waals surface area contributed by atoms with Crippen LogP contribution in [0.3, 0.4) is 0 Å². The zero-order chi connectivity index (χ0) is 13.6. The predicted octanol–water partition coefficient (Wildman–Crippen LogP) is 3.08. The van der Waals surface area contributed by atoms with Gasteiger partial charge in [-0.15, -0.1) is 0 Å². The van der Waals surface area contributed by atoms with Gasteiger partial charge in [0.2, 0.25) is 0 Å². The van der Waals surface area contributed by atoms with Crippen LogP contribution in [0.15, 0.2) is 0 Å². The molecule has 1 heterocycles. The molecule has 2 spiro atoms. The lowest BCUT2D eigenvalue weighted by Gasteiger charge is -2.52. The largest absolute Gasteiger partial charge is 0.401 e. The van der Waals surface area contributed by atoms with Crippen LogP contribution in [0.4, 0.5) is 13.2 Å². The number of rotatable bonds is 1. The van der Waals surface area contributed by atoms with Gasteiger partial charge in [-0.05, 0) is 25.7 Å². The Bertz CT molecular complexity index is 328. The van der Waals surface area contributed by atoms with Crippen molar-refractivity contribution in [1.29, 1.82) is 0 Å². The van der Waals surface area contributed by atoms with E-state index < -0.39 is 12.7 Å². The zero-order valence-corrected chi connectivity index (χ0v) is 11.4. The smallest absolute Gasteiger partial charge is 0.308 e. The first-order chi connectivity index (χ1) is 8.93. The van der Waals surface area contributed by atoms with E-state index in [-0.39, 0.29) is 11.1 Å². The Hall–Kier alpha value is -0.290. The average Bonchev–Trinajstić information content (AvgIpc) is 2.92. The van der Waals surface area contributed by atoms with Gasteiger partial charge in [-0.2, -0.15) is 13.2 Å². The quantitative estimate of drug-likeness (QED) is 0.792. The Morgan fingerprint density at radius 1 is 0.947 bits per heavy atom. The second-order valence-electron chi connectivity index (χ2n) is 6.74. The van der Waals surface area contributed by atoms with E-state index in [1.54, 1.807) is 4.90 Å². The molecule has 3 fully saturated rings. The summed E-state index contributed by atoms with van der Waals surface area (Å²) >= 11 is 0. The van der Waals surface area contributed by atoms with Gasteiger partial charge < -0.3 is 5.32 Å². The summed E-state index contributed by atoms with van der Waals surface area (Å²) in [5.41, 5.74) is -0.248. The molecule has 1 N–H and O–H groups in total. The molecule has 1 aliphatic heterocycles. The highest BCUT2D eigenvalue weighted by molar-refractivity contribution is 5.08. The van der Waals surface area contributed by atoms with E-state index in [0.29, 0.717) is 6.54 Å². The summed E-state index contributed by atoms with van der Waals surface area (Å²) in [5, 5.41) is 3.63. The maximum absolute atomic E-state index is 12.9. The molecule has 0 bridgehead atoms. The highest BCUT2D eigenvalue weighted by Crippen LogP contribution is 2.43. The Kier molecular flexibility index (Phi) is 3.33. The van der Waals surface area contributed by atoms with Crippen LogP contribution in [0.25, 0.3) is 0 Å². The Morgan fingerprint density at radius 2 is 1.53 bits per heavy atom. The highest BCUT2D eigenvalue weighted by atomic mass is 19.4. The molecule has 110 valence electrons. The van der Waals surface area contributed by atoms with Crippen LogP contribution in [0.2, 0.25) is 0 Å². The van der Waals surface area contributed by atoms with Gasteiger partial charge in [-0.25, -0.2) is 0 Å². The number of hydrogen-bond acceptors (Lipinski definition) is 2. The third kappa shape index (κ3) is 2.64. The maximum atomic E-state index is 12.9. The molecule has 2 saturated carbocycles. The summed E-state index contributed by atoms with van der Waals surface area (Å²) in [6, 6.07) is 0. The third-order valence-corrected chi connectivity index (χ3v) is 5.42. The highest BCUT2D eigenvalue weighted by Gasteiger charge is 2.51. The van der Waals surface area contributed by atoms with Crippen molar-refractivity contribution in [3.8, 4) is 0 Å². The molecule has 0 aromatic heterocycles. The lowest BCUT2D eigenvalue weighted by atomic mass is 9.84. The molecule has 2 nitrogen and oxygen atoms in total. The summed E-state index contributed by atoms with van der Waals surface area (Å²) in [7, 11) is 0. The standard InChI is InChI=1S/C14H23F3N2/c15-14(16,17)11-19-10-12(5-1-2-6-12)18-9-13(19)7-3-4-8-13/h18H,1-11H2. The SMILES string of the molecule is FC(F)(F)CN1CC2(CCCC2)NCC12CCCC2. The zero-order valence-electron chi connectivity index (χ0n) is 11.4. The second kappa shape index (κ2) is 4.62. The van der Waals surface area contributed by atoms with E-state index in [1.165, 1.54) is 0 Å². The molecule has 0 radical (unpaired) electrons. The van der Waals surface area contributed by atoms with Crippen molar-refractivity contribution in [3.63, 3.8) is 0 Å². The van der Waals surface area contributed by atoms with Gasteiger partial charge in [0.15, 0.2) is 0 Å². The normalized spacial score (nSPS) is 30.5. The second-order valence-corrected chi connectivity index (χ2v) is 6.74. The Balaban J connectivity index is 1.79. The van der Waals surface area contributed by atoms with Crippen molar-refractivity contribution >= 4 is 0 Å². The molecule has 0 unspecified atom stereocenters. The predicted molar refractivity (Wildman–Crippen MR) is 68.0 cm³/mol. The monoisotopic (exact) mass is 276 g/mol. The first kappa shape index (κ1) is 13.7. The summed E-state index contributed by atoms with van der Waals surface area (Å²) < 4.78 is 38.7. The minimum absolute atomic E-state index is 0.0287. The van der Waals surface area contributed by atoms with E-state index in [1.807, 2.05) is 0 Å². The van der Waals surface area contributed by atoms with Crippen LogP contribution in [0.5, 0.6) is 0 Å². The average molecular weight is 276 g/mol. The molecule has 3 rings (SSSR count). The number of nitrogens with zero attached hydrogens (tertiary/aromatic N) is 1. The number of piperazine rings is 1. The molecule has 2 aliphatic carbocycles. The minimum Gasteiger partial charge on any atom is -0.308 e. The molecule has 0 atom stereocenters. The molecule has 19 heavy (non-hydrogen) atoms. The van der Waals surface area contributed by atoms with E-state index in [9.17, 15) is 13.2 Å². The summed E-state index contributed by atoms with van der Waals surface area (Å²) in [5.74, 6) is 0. The van der Waals surface area contributed by atoms with Crippen LogP contribution in [0.1, 0.15) is 51.4 Å². The summed E-state index contributed by atoms with van der Waals surface area (Å²) in [6.45, 7) is 0.617. The maximum Gasteiger partial charge on any atom is 0.401 e. The molecular formula is C14H23F3N2. The van der Waals surface area contributed by atoms with Crippen molar-refractivity contribution in [2.24, 2.45) is 0 Å². The van der Waals surface area contributed by atoms with Crippen molar-refractivity contribution < 1.29 is 13.2 Å².